The van der Waals surface area contributed by atoms with Gasteiger partial charge in [-0.3, -0.25) is 9.88 Å². The molecule has 0 radical (unpaired) electrons. The number of likely N-dealkylation sites (tertiary alicyclic amines) is 1. The predicted molar refractivity (Wildman–Crippen MR) is 129 cm³/mol. The fourth-order valence-electron chi connectivity index (χ4n) is 4.34. The third-order valence-corrected chi connectivity index (χ3v) is 8.03. The van der Waals surface area contributed by atoms with Gasteiger partial charge in [0.15, 0.2) is 0 Å². The van der Waals surface area contributed by atoms with Gasteiger partial charge in [-0.1, -0.05) is 24.3 Å². The van der Waals surface area contributed by atoms with Crippen LogP contribution in [-0.4, -0.2) is 48.8 Å². The number of methoxy groups -OCH3 is 1. The smallest absolute Gasteiger partial charge is 0.243 e. The summed E-state index contributed by atoms with van der Waals surface area (Å²) in [6, 6.07) is 20.0. The van der Waals surface area contributed by atoms with Crippen molar-refractivity contribution < 1.29 is 13.2 Å². The van der Waals surface area contributed by atoms with Gasteiger partial charge < -0.3 is 4.74 Å². The number of benzene rings is 2. The van der Waals surface area contributed by atoms with Crippen LogP contribution in [0.1, 0.15) is 29.5 Å². The number of nitrogens with zero attached hydrogens (tertiary/aromatic N) is 4. The van der Waals surface area contributed by atoms with Crippen LogP contribution in [0, 0.1) is 11.3 Å². The molecule has 0 spiro atoms. The first-order valence-corrected chi connectivity index (χ1v) is 12.7. The Morgan fingerprint density at radius 3 is 2.56 bits per heavy atom. The van der Waals surface area contributed by atoms with Crippen molar-refractivity contribution in [2.24, 2.45) is 0 Å². The van der Waals surface area contributed by atoms with Crippen LogP contribution >= 0.6 is 0 Å². The van der Waals surface area contributed by atoms with E-state index in [1.54, 1.807) is 47.0 Å². The zero-order valence-corrected chi connectivity index (χ0v) is 20.0. The predicted octanol–water partition coefficient (Wildman–Crippen LogP) is 3.82. The summed E-state index contributed by atoms with van der Waals surface area (Å²) in [5.74, 6) is 0.511. The van der Waals surface area contributed by atoms with Crippen molar-refractivity contribution in [1.82, 2.24) is 14.2 Å². The van der Waals surface area contributed by atoms with E-state index in [2.05, 4.69) is 16.0 Å². The van der Waals surface area contributed by atoms with Crippen LogP contribution in [0.25, 0.3) is 0 Å². The Hall–Kier alpha value is -3.25. The van der Waals surface area contributed by atoms with Crippen LogP contribution in [0.5, 0.6) is 5.75 Å². The molecule has 1 aliphatic rings. The summed E-state index contributed by atoms with van der Waals surface area (Å²) in [6.45, 7) is 2.56. The zero-order chi connectivity index (χ0) is 24.0. The Morgan fingerprint density at radius 2 is 1.85 bits per heavy atom. The molecule has 176 valence electrons. The van der Waals surface area contributed by atoms with Gasteiger partial charge in [0.05, 0.1) is 23.6 Å². The number of sulfonamides is 1. The van der Waals surface area contributed by atoms with Crippen LogP contribution in [-0.2, 0) is 23.1 Å². The van der Waals surface area contributed by atoms with Crippen molar-refractivity contribution in [2.45, 2.75) is 36.9 Å². The van der Waals surface area contributed by atoms with E-state index in [1.807, 2.05) is 30.3 Å². The lowest BCUT2D eigenvalue weighted by molar-refractivity contribution is 0.150. The number of hydrogen-bond donors (Lipinski definition) is 0. The number of ether oxygens (including phenoxy) is 1. The summed E-state index contributed by atoms with van der Waals surface area (Å²) in [5, 5.41) is 9.15. The Balaban J connectivity index is 1.53. The molecular formula is C26H28N4O3S. The second-order valence-electron chi connectivity index (χ2n) is 8.41. The van der Waals surface area contributed by atoms with Crippen molar-refractivity contribution in [2.75, 3.05) is 20.2 Å². The molecule has 1 aromatic heterocycles. The second kappa shape index (κ2) is 10.8. The zero-order valence-electron chi connectivity index (χ0n) is 19.2. The number of pyridine rings is 1. The van der Waals surface area contributed by atoms with Crippen LogP contribution < -0.4 is 4.74 Å². The monoisotopic (exact) mass is 476 g/mol. The van der Waals surface area contributed by atoms with Gasteiger partial charge in [-0.05, 0) is 54.3 Å². The maximum Gasteiger partial charge on any atom is 0.243 e. The Labute approximate surface area is 201 Å². The molecule has 7 nitrogen and oxygen atoms in total. The van der Waals surface area contributed by atoms with Crippen molar-refractivity contribution in [3.63, 3.8) is 0 Å². The van der Waals surface area contributed by atoms with Gasteiger partial charge in [-0.2, -0.15) is 9.57 Å². The van der Waals surface area contributed by atoms with E-state index in [9.17, 15) is 8.42 Å². The highest BCUT2D eigenvalue weighted by molar-refractivity contribution is 7.89. The molecule has 0 aliphatic carbocycles. The van der Waals surface area contributed by atoms with E-state index in [1.165, 1.54) is 7.11 Å². The largest absolute Gasteiger partial charge is 0.497 e. The molecule has 34 heavy (non-hydrogen) atoms. The van der Waals surface area contributed by atoms with Crippen LogP contribution in [0.3, 0.4) is 0 Å². The lowest BCUT2D eigenvalue weighted by Gasteiger charge is -2.38. The number of piperidine rings is 1. The fraction of sp³-hybridized carbons (Fsp3) is 0.308. The molecule has 2 heterocycles. The van der Waals surface area contributed by atoms with Gasteiger partial charge in [0.25, 0.3) is 0 Å². The molecular weight excluding hydrogens is 448 g/mol. The molecule has 2 aromatic carbocycles. The van der Waals surface area contributed by atoms with Gasteiger partial charge in [-0.25, -0.2) is 8.42 Å². The minimum atomic E-state index is -3.75. The summed E-state index contributed by atoms with van der Waals surface area (Å²) in [4.78, 5) is 6.71. The van der Waals surface area contributed by atoms with Crippen LogP contribution in [0.15, 0.2) is 78.0 Å². The van der Waals surface area contributed by atoms with Gasteiger partial charge in [0.1, 0.15) is 5.75 Å². The highest BCUT2D eigenvalue weighted by Gasteiger charge is 2.34. The standard InChI is InChI=1S/C26H28N4O3S/c1-33-25-8-3-9-26(16-25)34(31,32)30(20-23-7-4-12-28-18-23)24-10-13-29(14-11-24)19-22-6-2-5-21(15-22)17-27/h2-9,12,15-16,18,24H,10-11,13-14,19-20H2,1H3. The Bertz CT molecular complexity index is 1250. The first-order valence-electron chi connectivity index (χ1n) is 11.3. The van der Waals surface area contributed by atoms with Crippen molar-refractivity contribution in [3.8, 4) is 11.8 Å². The summed E-state index contributed by atoms with van der Waals surface area (Å²) >= 11 is 0. The van der Waals surface area contributed by atoms with E-state index in [0.717, 1.165) is 43.6 Å². The Kier molecular flexibility index (Phi) is 7.58. The molecule has 0 N–H and O–H groups in total. The lowest BCUT2D eigenvalue weighted by atomic mass is 10.0. The van der Waals surface area contributed by atoms with Crippen molar-refractivity contribution in [3.05, 3.63) is 89.7 Å². The third-order valence-electron chi connectivity index (χ3n) is 6.14. The van der Waals surface area contributed by atoms with E-state index < -0.39 is 10.0 Å². The third kappa shape index (κ3) is 5.62. The minimum Gasteiger partial charge on any atom is -0.497 e. The Morgan fingerprint density at radius 1 is 1.09 bits per heavy atom. The maximum atomic E-state index is 13.8. The number of rotatable bonds is 8. The summed E-state index contributed by atoms with van der Waals surface area (Å²) < 4.78 is 34.4. The molecule has 1 fully saturated rings. The molecule has 0 atom stereocenters. The van der Waals surface area contributed by atoms with E-state index in [-0.39, 0.29) is 17.5 Å². The van der Waals surface area contributed by atoms with Crippen molar-refractivity contribution >= 4 is 10.0 Å². The molecule has 4 rings (SSSR count). The SMILES string of the molecule is COc1cccc(S(=O)(=O)N(Cc2cccnc2)C2CCN(Cc3cccc(C#N)c3)CC2)c1. The summed E-state index contributed by atoms with van der Waals surface area (Å²) in [7, 11) is -2.22. The van der Waals surface area contributed by atoms with E-state index in [0.29, 0.717) is 11.3 Å². The minimum absolute atomic E-state index is 0.127. The number of nitriles is 1. The highest BCUT2D eigenvalue weighted by atomic mass is 32.2. The van der Waals surface area contributed by atoms with E-state index in [4.69, 9.17) is 10.00 Å². The maximum absolute atomic E-state index is 13.8. The molecule has 0 saturated carbocycles. The summed E-state index contributed by atoms with van der Waals surface area (Å²) in [6.07, 6.45) is 4.85. The van der Waals surface area contributed by atoms with Gasteiger partial charge in [0, 0.05) is 50.7 Å². The molecule has 0 bridgehead atoms. The van der Waals surface area contributed by atoms with Crippen LogP contribution in [0.2, 0.25) is 0 Å². The first-order chi connectivity index (χ1) is 16.5. The molecule has 1 aliphatic heterocycles. The van der Waals surface area contributed by atoms with E-state index >= 15 is 0 Å². The van der Waals surface area contributed by atoms with Crippen LogP contribution in [0.4, 0.5) is 0 Å². The van der Waals surface area contributed by atoms with Gasteiger partial charge >= 0.3 is 0 Å². The lowest BCUT2D eigenvalue weighted by Crippen LogP contribution is -2.46. The number of hydrogen-bond acceptors (Lipinski definition) is 6. The van der Waals surface area contributed by atoms with Crippen molar-refractivity contribution in [1.29, 1.82) is 5.26 Å². The average Bonchev–Trinajstić information content (AvgIpc) is 2.88. The highest BCUT2D eigenvalue weighted by Crippen LogP contribution is 2.28. The van der Waals surface area contributed by atoms with Gasteiger partial charge in [-0.15, -0.1) is 0 Å². The second-order valence-corrected chi connectivity index (χ2v) is 10.3. The molecule has 8 heteroatoms. The molecule has 0 unspecified atom stereocenters. The molecule has 1 saturated heterocycles. The topological polar surface area (TPSA) is 86.5 Å². The first kappa shape index (κ1) is 23.9. The quantitative estimate of drug-likeness (QED) is 0.491. The average molecular weight is 477 g/mol. The molecule has 0 amide bonds. The molecule has 3 aromatic rings. The van der Waals surface area contributed by atoms with Gasteiger partial charge in [0.2, 0.25) is 10.0 Å². The summed E-state index contributed by atoms with van der Waals surface area (Å²) in [5.41, 5.74) is 2.60. The number of aromatic nitrogens is 1. The normalized spacial score (nSPS) is 15.2. The fourth-order valence-corrected chi connectivity index (χ4v) is 6.05.